The number of rotatable bonds is 12. The number of hydrogen-bond donors (Lipinski definition) is 1. The van der Waals surface area contributed by atoms with E-state index in [0.717, 1.165) is 60.9 Å². The van der Waals surface area contributed by atoms with E-state index in [4.69, 9.17) is 22.8 Å². The summed E-state index contributed by atoms with van der Waals surface area (Å²) in [5.41, 5.74) is 2.97. The third-order valence-corrected chi connectivity index (χ3v) is 5.31. The Balaban J connectivity index is 1.51. The Labute approximate surface area is 183 Å². The number of benzene rings is 2. The van der Waals surface area contributed by atoms with Crippen molar-refractivity contribution in [3.63, 3.8) is 0 Å². The fraction of sp³-hybridized carbons (Fsp3) is 0.360. The Morgan fingerprint density at radius 1 is 1.07 bits per heavy atom. The van der Waals surface area contributed by atoms with Gasteiger partial charge < -0.3 is 14.6 Å². The van der Waals surface area contributed by atoms with Crippen LogP contribution in [0.2, 0.25) is 5.02 Å². The van der Waals surface area contributed by atoms with Crippen LogP contribution in [-0.2, 0) is 17.8 Å². The van der Waals surface area contributed by atoms with Gasteiger partial charge in [-0.25, -0.2) is 4.39 Å². The molecule has 0 bridgehead atoms. The fourth-order valence-corrected chi connectivity index (χ4v) is 3.61. The van der Waals surface area contributed by atoms with Gasteiger partial charge in [-0.15, -0.1) is 12.3 Å². The first-order valence-electron chi connectivity index (χ1n) is 10.4. The van der Waals surface area contributed by atoms with Crippen LogP contribution in [-0.4, -0.2) is 24.3 Å². The van der Waals surface area contributed by atoms with Crippen LogP contribution in [0.15, 0.2) is 48.7 Å². The quantitative estimate of drug-likeness (QED) is 0.293. The molecule has 3 aromatic rings. The zero-order valence-corrected chi connectivity index (χ0v) is 17.9. The molecule has 0 aliphatic carbocycles. The predicted octanol–water partition coefficient (Wildman–Crippen LogP) is 5.78. The van der Waals surface area contributed by atoms with Crippen LogP contribution in [0.3, 0.4) is 0 Å². The van der Waals surface area contributed by atoms with Gasteiger partial charge in [-0.05, 0) is 54.3 Å². The molecule has 2 aromatic carbocycles. The molecule has 0 saturated heterocycles. The van der Waals surface area contributed by atoms with E-state index in [0.29, 0.717) is 24.7 Å². The van der Waals surface area contributed by atoms with Crippen molar-refractivity contribution in [2.24, 2.45) is 0 Å². The summed E-state index contributed by atoms with van der Waals surface area (Å²) < 4.78 is 22.0. The minimum absolute atomic E-state index is 0.224. The number of hydrogen-bond acceptors (Lipinski definition) is 2. The van der Waals surface area contributed by atoms with Gasteiger partial charge in [0.1, 0.15) is 5.82 Å². The molecule has 30 heavy (non-hydrogen) atoms. The van der Waals surface area contributed by atoms with Gasteiger partial charge in [-0.1, -0.05) is 30.2 Å². The molecule has 0 aliphatic rings. The Morgan fingerprint density at radius 2 is 1.90 bits per heavy atom. The lowest BCUT2D eigenvalue weighted by Gasteiger charge is -2.10. The number of ether oxygens (including phenoxy) is 1. The largest absolute Gasteiger partial charge is 0.380 e. The molecule has 0 radical (unpaired) electrons. The van der Waals surface area contributed by atoms with Gasteiger partial charge in [-0.3, -0.25) is 0 Å². The van der Waals surface area contributed by atoms with Crippen LogP contribution in [0, 0.1) is 18.2 Å². The highest BCUT2D eigenvalue weighted by Gasteiger charge is 2.09. The molecule has 0 spiro atoms. The SMILES string of the molecule is C#CCCCCCOCCNCc1cc(F)cc2c1ccn2Cc1ccc(Cl)cc1. The third kappa shape index (κ3) is 6.60. The molecular formula is C25H28ClFN2O. The fourth-order valence-electron chi connectivity index (χ4n) is 3.48. The number of unbranched alkanes of at least 4 members (excludes halogenated alkanes) is 3. The molecular weight excluding hydrogens is 399 g/mol. The van der Waals surface area contributed by atoms with Gasteiger partial charge in [0, 0.05) is 49.3 Å². The maximum atomic E-state index is 14.3. The first kappa shape index (κ1) is 22.4. The normalized spacial score (nSPS) is 11.1. The van der Waals surface area contributed by atoms with Crippen LogP contribution < -0.4 is 5.32 Å². The lowest BCUT2D eigenvalue weighted by molar-refractivity contribution is 0.131. The molecule has 1 N–H and O–H groups in total. The Hall–Kier alpha value is -2.32. The Bertz CT molecular complexity index is 975. The molecule has 1 aromatic heterocycles. The van der Waals surface area contributed by atoms with E-state index in [1.165, 1.54) is 0 Å². The van der Waals surface area contributed by atoms with Crippen molar-refractivity contribution in [2.45, 2.75) is 38.8 Å². The minimum Gasteiger partial charge on any atom is -0.380 e. The van der Waals surface area contributed by atoms with E-state index in [2.05, 4.69) is 21.9 Å². The van der Waals surface area contributed by atoms with Crippen molar-refractivity contribution in [3.05, 3.63) is 70.6 Å². The summed E-state index contributed by atoms with van der Waals surface area (Å²) in [4.78, 5) is 0. The van der Waals surface area contributed by atoms with Gasteiger partial charge in [0.05, 0.1) is 12.1 Å². The molecule has 5 heteroatoms. The number of terminal acetylenes is 1. The van der Waals surface area contributed by atoms with E-state index in [1.807, 2.05) is 30.5 Å². The van der Waals surface area contributed by atoms with Crippen molar-refractivity contribution in [1.82, 2.24) is 9.88 Å². The summed E-state index contributed by atoms with van der Waals surface area (Å²) in [7, 11) is 0. The minimum atomic E-state index is -0.224. The number of aromatic nitrogens is 1. The van der Waals surface area contributed by atoms with E-state index in [1.54, 1.807) is 12.1 Å². The van der Waals surface area contributed by atoms with Gasteiger partial charge in [0.2, 0.25) is 0 Å². The lowest BCUT2D eigenvalue weighted by atomic mass is 10.1. The summed E-state index contributed by atoms with van der Waals surface area (Å²) in [6, 6.07) is 13.0. The second kappa shape index (κ2) is 11.8. The van der Waals surface area contributed by atoms with Crippen molar-refractivity contribution in [3.8, 4) is 12.3 Å². The van der Waals surface area contributed by atoms with Crippen LogP contribution in [0.5, 0.6) is 0 Å². The van der Waals surface area contributed by atoms with Gasteiger partial charge in [-0.2, -0.15) is 0 Å². The highest BCUT2D eigenvalue weighted by molar-refractivity contribution is 6.30. The van der Waals surface area contributed by atoms with Crippen molar-refractivity contribution < 1.29 is 9.13 Å². The molecule has 158 valence electrons. The average Bonchev–Trinajstić information content (AvgIpc) is 3.13. The highest BCUT2D eigenvalue weighted by atomic mass is 35.5. The van der Waals surface area contributed by atoms with Crippen LogP contribution >= 0.6 is 11.6 Å². The number of nitrogens with zero attached hydrogens (tertiary/aromatic N) is 1. The summed E-state index contributed by atoms with van der Waals surface area (Å²) in [6.45, 7) is 3.40. The topological polar surface area (TPSA) is 26.2 Å². The van der Waals surface area contributed by atoms with Crippen molar-refractivity contribution in [2.75, 3.05) is 19.8 Å². The Morgan fingerprint density at radius 3 is 2.70 bits per heavy atom. The molecule has 3 nitrogen and oxygen atoms in total. The molecule has 1 heterocycles. The van der Waals surface area contributed by atoms with E-state index >= 15 is 0 Å². The molecule has 0 fully saturated rings. The van der Waals surface area contributed by atoms with E-state index < -0.39 is 0 Å². The van der Waals surface area contributed by atoms with E-state index in [9.17, 15) is 4.39 Å². The number of halogens is 2. The number of nitrogens with one attached hydrogen (secondary N) is 1. The molecule has 0 amide bonds. The Kier molecular flexibility index (Phi) is 8.77. The lowest BCUT2D eigenvalue weighted by Crippen LogP contribution is -2.19. The summed E-state index contributed by atoms with van der Waals surface area (Å²) >= 11 is 5.97. The van der Waals surface area contributed by atoms with Crippen LogP contribution in [0.4, 0.5) is 4.39 Å². The first-order chi connectivity index (χ1) is 14.7. The van der Waals surface area contributed by atoms with Gasteiger partial charge in [0.15, 0.2) is 0 Å². The smallest absolute Gasteiger partial charge is 0.125 e. The molecule has 0 aliphatic heterocycles. The zero-order valence-electron chi connectivity index (χ0n) is 17.2. The standard InChI is InChI=1S/C25H28ClFN2O/c1-2-3-4-5-6-14-30-15-12-28-18-21-16-23(27)17-25-24(21)11-13-29(25)19-20-7-9-22(26)10-8-20/h1,7-11,13,16-17,28H,3-6,12,14-15,18-19H2. The monoisotopic (exact) mass is 426 g/mol. The van der Waals surface area contributed by atoms with Gasteiger partial charge >= 0.3 is 0 Å². The van der Waals surface area contributed by atoms with Crippen molar-refractivity contribution >= 4 is 22.5 Å². The van der Waals surface area contributed by atoms with Gasteiger partial charge in [0.25, 0.3) is 0 Å². The molecule has 3 rings (SSSR count). The first-order valence-corrected chi connectivity index (χ1v) is 10.8. The maximum Gasteiger partial charge on any atom is 0.125 e. The number of fused-ring (bicyclic) bond motifs is 1. The predicted molar refractivity (Wildman–Crippen MR) is 122 cm³/mol. The van der Waals surface area contributed by atoms with Crippen LogP contribution in [0.1, 0.15) is 36.8 Å². The summed E-state index contributed by atoms with van der Waals surface area (Å²) in [6.07, 6.45) is 11.3. The molecule has 0 atom stereocenters. The maximum absolute atomic E-state index is 14.3. The molecule has 0 unspecified atom stereocenters. The second-order valence-electron chi connectivity index (χ2n) is 7.37. The summed E-state index contributed by atoms with van der Waals surface area (Å²) in [5.74, 6) is 2.43. The molecule has 0 saturated carbocycles. The zero-order chi connectivity index (χ0) is 21.2. The summed E-state index contributed by atoms with van der Waals surface area (Å²) in [5, 5.41) is 5.13. The average molecular weight is 427 g/mol. The van der Waals surface area contributed by atoms with Crippen LogP contribution in [0.25, 0.3) is 10.9 Å². The van der Waals surface area contributed by atoms with Crippen molar-refractivity contribution in [1.29, 1.82) is 0 Å². The van der Waals surface area contributed by atoms with E-state index in [-0.39, 0.29) is 5.82 Å². The second-order valence-corrected chi connectivity index (χ2v) is 7.81. The third-order valence-electron chi connectivity index (χ3n) is 5.05. The highest BCUT2D eigenvalue weighted by Crippen LogP contribution is 2.23.